The highest BCUT2D eigenvalue weighted by atomic mass is 32.2. The second-order valence-electron chi connectivity index (χ2n) is 5.10. The molecule has 100 valence electrons. The SMILES string of the molecule is c1ccc2nc(-c3cnn(CC4CSC4)c3)cnc2c1. The Hall–Kier alpha value is -1.88. The van der Waals surface area contributed by atoms with Gasteiger partial charge in [0.15, 0.2) is 0 Å². The van der Waals surface area contributed by atoms with E-state index in [1.54, 1.807) is 0 Å². The van der Waals surface area contributed by atoms with Gasteiger partial charge in [0.05, 0.1) is 29.1 Å². The van der Waals surface area contributed by atoms with Crippen LogP contribution in [0.2, 0.25) is 0 Å². The van der Waals surface area contributed by atoms with Gasteiger partial charge < -0.3 is 0 Å². The molecular weight excluding hydrogens is 268 g/mol. The zero-order valence-corrected chi connectivity index (χ0v) is 11.8. The highest BCUT2D eigenvalue weighted by Crippen LogP contribution is 2.26. The number of para-hydroxylation sites is 2. The monoisotopic (exact) mass is 282 g/mol. The Bertz CT molecular complexity index is 748. The number of thioether (sulfide) groups is 1. The Balaban J connectivity index is 1.64. The van der Waals surface area contributed by atoms with E-state index in [4.69, 9.17) is 0 Å². The molecule has 1 saturated heterocycles. The van der Waals surface area contributed by atoms with Gasteiger partial charge in [-0.1, -0.05) is 12.1 Å². The number of benzene rings is 1. The number of hydrogen-bond donors (Lipinski definition) is 0. The van der Waals surface area contributed by atoms with Gasteiger partial charge in [-0.05, 0) is 29.6 Å². The first kappa shape index (κ1) is 11.9. The minimum absolute atomic E-state index is 0.774. The first-order chi connectivity index (χ1) is 9.88. The second-order valence-corrected chi connectivity index (χ2v) is 6.17. The molecule has 0 amide bonds. The largest absolute Gasteiger partial charge is 0.272 e. The fraction of sp³-hybridized carbons (Fsp3) is 0.267. The molecule has 0 aliphatic carbocycles. The van der Waals surface area contributed by atoms with Gasteiger partial charge in [-0.15, -0.1) is 0 Å². The summed E-state index contributed by atoms with van der Waals surface area (Å²) >= 11 is 2.01. The van der Waals surface area contributed by atoms with Crippen LogP contribution in [0.5, 0.6) is 0 Å². The van der Waals surface area contributed by atoms with Gasteiger partial charge in [-0.3, -0.25) is 9.67 Å². The summed E-state index contributed by atoms with van der Waals surface area (Å²) in [6.45, 7) is 1.01. The van der Waals surface area contributed by atoms with Gasteiger partial charge in [-0.2, -0.15) is 16.9 Å². The summed E-state index contributed by atoms with van der Waals surface area (Å²) in [6, 6.07) is 7.93. The predicted molar refractivity (Wildman–Crippen MR) is 81.6 cm³/mol. The van der Waals surface area contributed by atoms with Gasteiger partial charge in [0.2, 0.25) is 0 Å². The Morgan fingerprint density at radius 3 is 2.80 bits per heavy atom. The van der Waals surface area contributed by atoms with Crippen LogP contribution in [0.15, 0.2) is 42.9 Å². The zero-order valence-electron chi connectivity index (χ0n) is 10.9. The van der Waals surface area contributed by atoms with Crippen molar-refractivity contribution >= 4 is 22.8 Å². The molecule has 1 aliphatic rings. The fourth-order valence-electron chi connectivity index (χ4n) is 2.35. The molecule has 0 saturated carbocycles. The molecule has 0 spiro atoms. The minimum atomic E-state index is 0.774. The number of nitrogens with zero attached hydrogens (tertiary/aromatic N) is 4. The van der Waals surface area contributed by atoms with Gasteiger partial charge in [0.1, 0.15) is 0 Å². The second kappa shape index (κ2) is 4.90. The summed E-state index contributed by atoms with van der Waals surface area (Å²) in [6.07, 6.45) is 5.77. The van der Waals surface area contributed by atoms with Crippen LogP contribution >= 0.6 is 11.8 Å². The van der Waals surface area contributed by atoms with Crippen LogP contribution in [-0.4, -0.2) is 31.3 Å². The van der Waals surface area contributed by atoms with Crippen LogP contribution in [0.4, 0.5) is 0 Å². The van der Waals surface area contributed by atoms with Crippen LogP contribution in [0.1, 0.15) is 0 Å². The molecule has 4 rings (SSSR count). The number of rotatable bonds is 3. The summed E-state index contributed by atoms with van der Waals surface area (Å²) in [5, 5.41) is 4.43. The summed E-state index contributed by atoms with van der Waals surface area (Å²) in [4.78, 5) is 9.10. The van der Waals surface area contributed by atoms with E-state index in [0.29, 0.717) is 0 Å². The molecule has 1 fully saturated rings. The van der Waals surface area contributed by atoms with Crippen molar-refractivity contribution in [3.05, 3.63) is 42.9 Å². The van der Waals surface area contributed by atoms with Gasteiger partial charge >= 0.3 is 0 Å². The van der Waals surface area contributed by atoms with E-state index in [1.807, 2.05) is 53.1 Å². The molecule has 2 aromatic heterocycles. The normalized spacial score (nSPS) is 15.4. The van der Waals surface area contributed by atoms with E-state index in [2.05, 4.69) is 21.3 Å². The lowest BCUT2D eigenvalue weighted by Gasteiger charge is -2.24. The third-order valence-corrected chi connectivity index (χ3v) is 4.94. The van der Waals surface area contributed by atoms with E-state index < -0.39 is 0 Å². The number of aromatic nitrogens is 4. The maximum atomic E-state index is 4.65. The van der Waals surface area contributed by atoms with E-state index in [9.17, 15) is 0 Å². The molecule has 0 atom stereocenters. The van der Waals surface area contributed by atoms with Crippen molar-refractivity contribution in [2.45, 2.75) is 6.54 Å². The fourth-order valence-corrected chi connectivity index (χ4v) is 3.13. The summed E-state index contributed by atoms with van der Waals surface area (Å²) in [5.41, 5.74) is 3.77. The predicted octanol–water partition coefficient (Wildman–Crippen LogP) is 2.86. The van der Waals surface area contributed by atoms with Crippen molar-refractivity contribution in [1.29, 1.82) is 0 Å². The van der Waals surface area contributed by atoms with Crippen LogP contribution in [0.3, 0.4) is 0 Å². The molecule has 4 nitrogen and oxygen atoms in total. The van der Waals surface area contributed by atoms with Crippen LogP contribution in [0, 0.1) is 5.92 Å². The van der Waals surface area contributed by atoms with Crippen molar-refractivity contribution in [1.82, 2.24) is 19.7 Å². The molecule has 1 aromatic carbocycles. The van der Waals surface area contributed by atoms with Crippen molar-refractivity contribution in [3.8, 4) is 11.3 Å². The summed E-state index contributed by atoms with van der Waals surface area (Å²) in [5.74, 6) is 3.28. The Morgan fingerprint density at radius 1 is 1.15 bits per heavy atom. The number of fused-ring (bicyclic) bond motifs is 1. The van der Waals surface area contributed by atoms with E-state index in [1.165, 1.54) is 11.5 Å². The Labute approximate surface area is 121 Å². The minimum Gasteiger partial charge on any atom is -0.272 e. The lowest BCUT2D eigenvalue weighted by Crippen LogP contribution is -2.23. The van der Waals surface area contributed by atoms with Crippen molar-refractivity contribution < 1.29 is 0 Å². The first-order valence-electron chi connectivity index (χ1n) is 6.71. The molecule has 20 heavy (non-hydrogen) atoms. The van der Waals surface area contributed by atoms with Gasteiger partial charge in [-0.25, -0.2) is 4.98 Å². The van der Waals surface area contributed by atoms with Crippen molar-refractivity contribution in [3.63, 3.8) is 0 Å². The van der Waals surface area contributed by atoms with Crippen molar-refractivity contribution in [2.24, 2.45) is 5.92 Å². The van der Waals surface area contributed by atoms with Crippen LogP contribution < -0.4 is 0 Å². The molecule has 0 bridgehead atoms. The average molecular weight is 282 g/mol. The molecule has 3 aromatic rings. The van der Waals surface area contributed by atoms with E-state index in [-0.39, 0.29) is 0 Å². The van der Waals surface area contributed by atoms with Crippen LogP contribution in [0.25, 0.3) is 22.3 Å². The van der Waals surface area contributed by atoms with E-state index >= 15 is 0 Å². The molecule has 5 heteroatoms. The summed E-state index contributed by atoms with van der Waals surface area (Å²) < 4.78 is 2.02. The highest BCUT2D eigenvalue weighted by Gasteiger charge is 2.19. The maximum Gasteiger partial charge on any atom is 0.0924 e. The Kier molecular flexibility index (Phi) is 2.92. The lowest BCUT2D eigenvalue weighted by molar-refractivity contribution is 0.479. The molecule has 0 N–H and O–H groups in total. The zero-order chi connectivity index (χ0) is 13.4. The highest BCUT2D eigenvalue weighted by molar-refractivity contribution is 8.00. The maximum absolute atomic E-state index is 4.65. The quantitative estimate of drug-likeness (QED) is 0.741. The Morgan fingerprint density at radius 2 is 2.00 bits per heavy atom. The summed E-state index contributed by atoms with van der Waals surface area (Å²) in [7, 11) is 0. The number of hydrogen-bond acceptors (Lipinski definition) is 4. The average Bonchev–Trinajstić information content (AvgIpc) is 2.91. The van der Waals surface area contributed by atoms with Gasteiger partial charge in [0, 0.05) is 18.3 Å². The van der Waals surface area contributed by atoms with Crippen molar-refractivity contribution in [2.75, 3.05) is 11.5 Å². The molecule has 0 unspecified atom stereocenters. The van der Waals surface area contributed by atoms with Crippen LogP contribution in [-0.2, 0) is 6.54 Å². The smallest absolute Gasteiger partial charge is 0.0924 e. The van der Waals surface area contributed by atoms with Gasteiger partial charge in [0.25, 0.3) is 0 Å². The first-order valence-corrected chi connectivity index (χ1v) is 7.86. The van der Waals surface area contributed by atoms with E-state index in [0.717, 1.165) is 34.8 Å². The molecule has 0 radical (unpaired) electrons. The standard InChI is InChI=1S/C15H14N4S/c1-2-4-14-13(3-1)16-6-15(18-14)12-5-17-19(8-12)7-11-9-20-10-11/h1-6,8,11H,7,9-10H2. The molecule has 1 aliphatic heterocycles. The third-order valence-electron chi connectivity index (χ3n) is 3.53. The molecule has 3 heterocycles. The third kappa shape index (κ3) is 2.18. The molecular formula is C15H14N4S. The topological polar surface area (TPSA) is 43.6 Å². The lowest BCUT2D eigenvalue weighted by atomic mass is 10.2.